The third-order valence-corrected chi connectivity index (χ3v) is 5.07. The number of sulfonamides is 1. The molecule has 1 atom stereocenters. The molecule has 0 spiro atoms. The Hall–Kier alpha value is -0.990. The van der Waals surface area contributed by atoms with Crippen LogP contribution in [-0.2, 0) is 10.0 Å². The Balaban J connectivity index is 2.68. The molecule has 2 N–H and O–H groups in total. The highest BCUT2D eigenvalue weighted by atomic mass is 32.2. The maximum Gasteiger partial charge on any atom is 0.355 e. The Kier molecular flexibility index (Phi) is 5.28. The SMILES string of the molecule is CC(NS(=O)(=O)CCC(C)(C)C)c1nc(C(=O)O)cs1. The van der Waals surface area contributed by atoms with Gasteiger partial charge in [-0.15, -0.1) is 11.3 Å². The van der Waals surface area contributed by atoms with Crippen molar-refractivity contribution in [3.05, 3.63) is 16.1 Å². The summed E-state index contributed by atoms with van der Waals surface area (Å²) in [7, 11) is -3.40. The molecule has 0 fully saturated rings. The van der Waals surface area contributed by atoms with E-state index in [1.54, 1.807) is 6.92 Å². The average molecular weight is 320 g/mol. The molecule has 1 heterocycles. The van der Waals surface area contributed by atoms with E-state index >= 15 is 0 Å². The van der Waals surface area contributed by atoms with E-state index in [-0.39, 0.29) is 16.9 Å². The van der Waals surface area contributed by atoms with Crippen LogP contribution in [0.1, 0.15) is 55.7 Å². The van der Waals surface area contributed by atoms with Gasteiger partial charge in [-0.05, 0) is 18.8 Å². The van der Waals surface area contributed by atoms with Crippen LogP contribution >= 0.6 is 11.3 Å². The second-order valence-corrected chi connectivity index (χ2v) is 8.61. The highest BCUT2D eigenvalue weighted by Crippen LogP contribution is 2.21. The fourth-order valence-corrected chi connectivity index (χ4v) is 3.93. The van der Waals surface area contributed by atoms with E-state index in [0.29, 0.717) is 11.4 Å². The van der Waals surface area contributed by atoms with Crippen LogP contribution in [0.15, 0.2) is 5.38 Å². The minimum absolute atomic E-state index is 0.0397. The van der Waals surface area contributed by atoms with Gasteiger partial charge in [-0.25, -0.2) is 22.9 Å². The highest BCUT2D eigenvalue weighted by molar-refractivity contribution is 7.89. The Morgan fingerprint density at radius 2 is 2.10 bits per heavy atom. The number of carboxylic acid groups (broad SMARTS) is 1. The summed E-state index contributed by atoms with van der Waals surface area (Å²) < 4.78 is 26.4. The zero-order valence-corrected chi connectivity index (χ0v) is 13.6. The fraction of sp³-hybridized carbons (Fsp3) is 0.667. The number of nitrogens with one attached hydrogen (secondary N) is 1. The maximum atomic E-state index is 12.0. The molecular weight excluding hydrogens is 300 g/mol. The van der Waals surface area contributed by atoms with Crippen LogP contribution in [0.5, 0.6) is 0 Å². The van der Waals surface area contributed by atoms with Crippen LogP contribution in [0.2, 0.25) is 0 Å². The number of carbonyl (C=O) groups is 1. The van der Waals surface area contributed by atoms with Crippen LogP contribution in [-0.4, -0.2) is 30.2 Å². The van der Waals surface area contributed by atoms with E-state index < -0.39 is 22.0 Å². The molecule has 1 rings (SSSR count). The fourth-order valence-electron chi connectivity index (χ4n) is 1.40. The van der Waals surface area contributed by atoms with Gasteiger partial charge in [0.2, 0.25) is 10.0 Å². The molecule has 0 aromatic carbocycles. The van der Waals surface area contributed by atoms with Crippen LogP contribution in [0, 0.1) is 5.41 Å². The molecule has 1 aromatic rings. The normalized spacial score (nSPS) is 14.2. The lowest BCUT2D eigenvalue weighted by Gasteiger charge is -2.19. The molecule has 114 valence electrons. The average Bonchev–Trinajstić information content (AvgIpc) is 2.74. The first kappa shape index (κ1) is 17.1. The highest BCUT2D eigenvalue weighted by Gasteiger charge is 2.22. The summed E-state index contributed by atoms with van der Waals surface area (Å²) in [5.74, 6) is -1.08. The zero-order chi connectivity index (χ0) is 15.6. The zero-order valence-electron chi connectivity index (χ0n) is 12.0. The largest absolute Gasteiger partial charge is 0.476 e. The molecule has 6 nitrogen and oxygen atoms in total. The lowest BCUT2D eigenvalue weighted by Crippen LogP contribution is -2.30. The van der Waals surface area contributed by atoms with Gasteiger partial charge in [0, 0.05) is 5.38 Å². The third-order valence-electron chi connectivity index (χ3n) is 2.59. The monoisotopic (exact) mass is 320 g/mol. The first-order chi connectivity index (χ1) is 9.00. The maximum absolute atomic E-state index is 12.0. The van der Waals surface area contributed by atoms with Crippen molar-refractivity contribution in [2.24, 2.45) is 5.41 Å². The summed E-state index contributed by atoms with van der Waals surface area (Å²) in [6.07, 6.45) is 0.549. The topological polar surface area (TPSA) is 96.4 Å². The minimum Gasteiger partial charge on any atom is -0.476 e. The molecule has 0 aliphatic carbocycles. The quantitative estimate of drug-likeness (QED) is 0.838. The number of hydrogen-bond donors (Lipinski definition) is 2. The predicted octanol–water partition coefficient (Wildman–Crippen LogP) is 2.26. The van der Waals surface area contributed by atoms with Crippen molar-refractivity contribution in [2.45, 2.75) is 40.2 Å². The summed E-state index contributed by atoms with van der Waals surface area (Å²) >= 11 is 1.13. The predicted molar refractivity (Wildman–Crippen MR) is 78.5 cm³/mol. The number of hydrogen-bond acceptors (Lipinski definition) is 5. The number of rotatable bonds is 6. The molecule has 0 aliphatic heterocycles. The van der Waals surface area contributed by atoms with Crippen molar-refractivity contribution >= 4 is 27.3 Å². The third kappa shape index (κ3) is 5.56. The van der Waals surface area contributed by atoms with Crippen molar-refractivity contribution in [1.29, 1.82) is 0 Å². The van der Waals surface area contributed by atoms with Gasteiger partial charge in [0.25, 0.3) is 0 Å². The number of carboxylic acids is 1. The molecule has 8 heteroatoms. The van der Waals surface area contributed by atoms with E-state index in [9.17, 15) is 13.2 Å². The summed E-state index contributed by atoms with van der Waals surface area (Å²) in [6, 6.07) is -0.530. The smallest absolute Gasteiger partial charge is 0.355 e. The van der Waals surface area contributed by atoms with Gasteiger partial charge in [0.15, 0.2) is 5.69 Å². The summed E-state index contributed by atoms with van der Waals surface area (Å²) in [6.45, 7) is 7.59. The van der Waals surface area contributed by atoms with Gasteiger partial charge in [-0.2, -0.15) is 0 Å². The number of aromatic nitrogens is 1. The van der Waals surface area contributed by atoms with Crippen molar-refractivity contribution in [1.82, 2.24) is 9.71 Å². The van der Waals surface area contributed by atoms with Gasteiger partial charge < -0.3 is 5.11 Å². The molecule has 0 saturated carbocycles. The first-order valence-corrected chi connectivity index (χ1v) is 8.72. The second-order valence-electron chi connectivity index (χ2n) is 5.85. The van der Waals surface area contributed by atoms with Gasteiger partial charge in [0.1, 0.15) is 5.01 Å². The summed E-state index contributed by atoms with van der Waals surface area (Å²) in [5.41, 5.74) is -0.124. The molecule has 1 unspecified atom stereocenters. The van der Waals surface area contributed by atoms with Crippen LogP contribution in [0.4, 0.5) is 0 Å². The standard InChI is InChI=1S/C12H20N2O4S2/c1-8(10-13-9(7-19-10)11(15)16)14-20(17,18)6-5-12(2,3)4/h7-8,14H,5-6H2,1-4H3,(H,15,16). The van der Waals surface area contributed by atoms with E-state index in [1.807, 2.05) is 20.8 Å². The van der Waals surface area contributed by atoms with Crippen LogP contribution < -0.4 is 4.72 Å². The van der Waals surface area contributed by atoms with Gasteiger partial charge in [0.05, 0.1) is 11.8 Å². The molecule has 0 radical (unpaired) electrons. The van der Waals surface area contributed by atoms with E-state index in [4.69, 9.17) is 5.11 Å². The van der Waals surface area contributed by atoms with Crippen molar-refractivity contribution < 1.29 is 18.3 Å². The lowest BCUT2D eigenvalue weighted by molar-refractivity contribution is 0.0691. The van der Waals surface area contributed by atoms with Crippen LogP contribution in [0.25, 0.3) is 0 Å². The minimum atomic E-state index is -3.40. The van der Waals surface area contributed by atoms with E-state index in [0.717, 1.165) is 11.3 Å². The molecule has 0 amide bonds. The van der Waals surface area contributed by atoms with Gasteiger partial charge >= 0.3 is 5.97 Å². The lowest BCUT2D eigenvalue weighted by atomic mass is 9.94. The van der Waals surface area contributed by atoms with E-state index in [1.165, 1.54) is 5.38 Å². The Labute approximate surface area is 123 Å². The Morgan fingerprint density at radius 3 is 2.55 bits per heavy atom. The molecule has 1 aromatic heterocycles. The van der Waals surface area contributed by atoms with Crippen LogP contribution in [0.3, 0.4) is 0 Å². The summed E-state index contributed by atoms with van der Waals surface area (Å²) in [5, 5.41) is 10.6. The van der Waals surface area contributed by atoms with Crippen molar-refractivity contribution in [3.63, 3.8) is 0 Å². The molecule has 0 aliphatic rings. The number of aromatic carboxylic acids is 1. The molecular formula is C12H20N2O4S2. The number of nitrogens with zero attached hydrogens (tertiary/aromatic N) is 1. The molecule has 20 heavy (non-hydrogen) atoms. The van der Waals surface area contributed by atoms with E-state index in [2.05, 4.69) is 9.71 Å². The van der Waals surface area contributed by atoms with Crippen molar-refractivity contribution in [3.8, 4) is 0 Å². The Morgan fingerprint density at radius 1 is 1.50 bits per heavy atom. The first-order valence-electron chi connectivity index (χ1n) is 6.19. The number of thiazole rings is 1. The van der Waals surface area contributed by atoms with Gasteiger partial charge in [-0.3, -0.25) is 0 Å². The molecule has 0 saturated heterocycles. The summed E-state index contributed by atoms with van der Waals surface area (Å²) in [4.78, 5) is 14.6. The van der Waals surface area contributed by atoms with Crippen molar-refractivity contribution in [2.75, 3.05) is 5.75 Å². The van der Waals surface area contributed by atoms with Gasteiger partial charge in [-0.1, -0.05) is 20.8 Å². The second kappa shape index (κ2) is 6.19. The molecule has 0 bridgehead atoms. The Bertz CT molecular complexity index is 573.